The third-order valence-electron chi connectivity index (χ3n) is 3.28. The van der Waals surface area contributed by atoms with Crippen LogP contribution in [0.3, 0.4) is 0 Å². The summed E-state index contributed by atoms with van der Waals surface area (Å²) < 4.78 is 5.49. The quantitative estimate of drug-likeness (QED) is 0.790. The van der Waals surface area contributed by atoms with Crippen molar-refractivity contribution in [1.29, 1.82) is 0 Å². The predicted octanol–water partition coefficient (Wildman–Crippen LogP) is 0.224. The lowest BCUT2D eigenvalue weighted by molar-refractivity contribution is -0.137. The molecule has 0 unspecified atom stereocenters. The van der Waals surface area contributed by atoms with Gasteiger partial charge in [0.1, 0.15) is 0 Å². The van der Waals surface area contributed by atoms with Gasteiger partial charge in [0.05, 0.1) is 13.0 Å². The minimum Gasteiger partial charge on any atom is -0.481 e. The Labute approximate surface area is 112 Å². The molecule has 2 rings (SSSR count). The standard InChI is InChI=1S/C12H20N4O3/c1-2-10-13-14-11(19-10)9-16-7-5-15(6-8-16)4-3-12(17)18/h2-9H2,1H3,(H,17,18). The van der Waals surface area contributed by atoms with Crippen molar-refractivity contribution in [3.63, 3.8) is 0 Å². The minimum absolute atomic E-state index is 0.212. The van der Waals surface area contributed by atoms with E-state index in [0.717, 1.165) is 32.6 Å². The van der Waals surface area contributed by atoms with Gasteiger partial charge in [-0.25, -0.2) is 0 Å². The molecule has 7 heteroatoms. The number of aromatic nitrogens is 2. The van der Waals surface area contributed by atoms with Crippen LogP contribution < -0.4 is 0 Å². The van der Waals surface area contributed by atoms with Crippen molar-refractivity contribution in [3.05, 3.63) is 11.8 Å². The Morgan fingerprint density at radius 2 is 1.84 bits per heavy atom. The second-order valence-electron chi connectivity index (χ2n) is 4.70. The van der Waals surface area contributed by atoms with E-state index in [1.165, 1.54) is 0 Å². The molecule has 0 bridgehead atoms. The molecule has 7 nitrogen and oxygen atoms in total. The van der Waals surface area contributed by atoms with Crippen molar-refractivity contribution in [2.24, 2.45) is 0 Å². The van der Waals surface area contributed by atoms with Gasteiger partial charge in [-0.05, 0) is 0 Å². The van der Waals surface area contributed by atoms with Crippen LogP contribution in [0, 0.1) is 0 Å². The maximum absolute atomic E-state index is 10.5. The first-order valence-electron chi connectivity index (χ1n) is 6.65. The Bertz CT molecular complexity index is 413. The fourth-order valence-corrected chi connectivity index (χ4v) is 2.11. The van der Waals surface area contributed by atoms with Crippen LogP contribution in [0.4, 0.5) is 0 Å². The molecule has 0 atom stereocenters. The normalized spacial score (nSPS) is 17.7. The number of aliphatic carboxylic acids is 1. The van der Waals surface area contributed by atoms with E-state index in [9.17, 15) is 4.79 Å². The number of hydrogen-bond donors (Lipinski definition) is 1. The first-order valence-corrected chi connectivity index (χ1v) is 6.65. The summed E-state index contributed by atoms with van der Waals surface area (Å²) in [6, 6.07) is 0. The fourth-order valence-electron chi connectivity index (χ4n) is 2.11. The molecule has 0 amide bonds. The maximum atomic E-state index is 10.5. The van der Waals surface area contributed by atoms with Crippen molar-refractivity contribution >= 4 is 5.97 Å². The molecule has 2 heterocycles. The number of rotatable bonds is 6. The summed E-state index contributed by atoms with van der Waals surface area (Å²) in [6.45, 7) is 6.89. The molecule has 1 saturated heterocycles. The molecular formula is C12H20N4O3. The number of piperazine rings is 1. The van der Waals surface area contributed by atoms with E-state index in [1.54, 1.807) is 0 Å². The van der Waals surface area contributed by atoms with Crippen molar-refractivity contribution in [3.8, 4) is 0 Å². The first kappa shape index (κ1) is 14.0. The molecule has 1 fully saturated rings. The van der Waals surface area contributed by atoms with Gasteiger partial charge in [-0.1, -0.05) is 6.92 Å². The van der Waals surface area contributed by atoms with E-state index in [1.807, 2.05) is 6.92 Å². The average molecular weight is 268 g/mol. The van der Waals surface area contributed by atoms with E-state index in [-0.39, 0.29) is 6.42 Å². The predicted molar refractivity (Wildman–Crippen MR) is 67.6 cm³/mol. The van der Waals surface area contributed by atoms with E-state index in [4.69, 9.17) is 9.52 Å². The maximum Gasteiger partial charge on any atom is 0.304 e. The zero-order valence-corrected chi connectivity index (χ0v) is 11.2. The minimum atomic E-state index is -0.736. The molecule has 0 spiro atoms. The van der Waals surface area contributed by atoms with Crippen LogP contribution in [0.15, 0.2) is 4.42 Å². The lowest BCUT2D eigenvalue weighted by atomic mass is 10.3. The smallest absolute Gasteiger partial charge is 0.304 e. The van der Waals surface area contributed by atoms with Crippen LogP contribution >= 0.6 is 0 Å². The third kappa shape index (κ3) is 4.29. The number of hydrogen-bond acceptors (Lipinski definition) is 6. The summed E-state index contributed by atoms with van der Waals surface area (Å²) in [5.74, 6) is 0.603. The summed E-state index contributed by atoms with van der Waals surface area (Å²) in [7, 11) is 0. The Balaban J connectivity index is 1.72. The lowest BCUT2D eigenvalue weighted by Gasteiger charge is -2.33. The molecule has 1 aromatic rings. The van der Waals surface area contributed by atoms with Gasteiger partial charge in [0.15, 0.2) is 0 Å². The van der Waals surface area contributed by atoms with Crippen LogP contribution in [0.5, 0.6) is 0 Å². The highest BCUT2D eigenvalue weighted by Gasteiger charge is 2.19. The van der Waals surface area contributed by atoms with Crippen LogP contribution in [0.1, 0.15) is 25.1 Å². The van der Waals surface area contributed by atoms with Gasteiger partial charge in [0, 0.05) is 39.1 Å². The Morgan fingerprint density at radius 1 is 1.21 bits per heavy atom. The highest BCUT2D eigenvalue weighted by Crippen LogP contribution is 2.08. The fraction of sp³-hybridized carbons (Fsp3) is 0.750. The van der Waals surface area contributed by atoms with Crippen LogP contribution in [0.2, 0.25) is 0 Å². The zero-order valence-electron chi connectivity index (χ0n) is 11.2. The molecule has 106 valence electrons. The Morgan fingerprint density at radius 3 is 2.42 bits per heavy atom. The SMILES string of the molecule is CCc1nnc(CN2CCN(CCC(=O)O)CC2)o1. The van der Waals surface area contributed by atoms with E-state index >= 15 is 0 Å². The van der Waals surface area contributed by atoms with Crippen molar-refractivity contribution in [2.45, 2.75) is 26.3 Å². The second-order valence-corrected chi connectivity index (χ2v) is 4.70. The lowest BCUT2D eigenvalue weighted by Crippen LogP contribution is -2.46. The highest BCUT2D eigenvalue weighted by atomic mass is 16.4. The largest absolute Gasteiger partial charge is 0.481 e. The molecule has 1 aromatic heterocycles. The van der Waals surface area contributed by atoms with E-state index < -0.39 is 5.97 Å². The Hall–Kier alpha value is -1.47. The van der Waals surface area contributed by atoms with E-state index in [0.29, 0.717) is 24.9 Å². The molecule has 0 radical (unpaired) electrons. The van der Waals surface area contributed by atoms with E-state index in [2.05, 4.69) is 20.0 Å². The number of carboxylic acid groups (broad SMARTS) is 1. The molecule has 19 heavy (non-hydrogen) atoms. The monoisotopic (exact) mass is 268 g/mol. The molecular weight excluding hydrogens is 248 g/mol. The van der Waals surface area contributed by atoms with Crippen molar-refractivity contribution < 1.29 is 14.3 Å². The average Bonchev–Trinajstić information content (AvgIpc) is 2.85. The summed E-state index contributed by atoms with van der Waals surface area (Å²) >= 11 is 0. The molecule has 1 N–H and O–H groups in total. The number of carbonyl (C=O) groups is 1. The highest BCUT2D eigenvalue weighted by molar-refractivity contribution is 5.66. The van der Waals surface area contributed by atoms with Gasteiger partial charge < -0.3 is 14.4 Å². The van der Waals surface area contributed by atoms with Gasteiger partial charge >= 0.3 is 5.97 Å². The van der Waals surface area contributed by atoms with Gasteiger partial charge in [0.2, 0.25) is 11.8 Å². The molecule has 0 saturated carbocycles. The number of aryl methyl sites for hydroxylation is 1. The summed E-state index contributed by atoms with van der Waals surface area (Å²) in [5, 5.41) is 16.6. The molecule has 0 aromatic carbocycles. The molecule has 1 aliphatic rings. The number of nitrogens with zero attached hydrogens (tertiary/aromatic N) is 4. The molecule has 1 aliphatic heterocycles. The Kier molecular flexibility index (Phi) is 4.86. The zero-order chi connectivity index (χ0) is 13.7. The van der Waals surface area contributed by atoms with Crippen LogP contribution in [-0.4, -0.2) is 63.8 Å². The summed E-state index contributed by atoms with van der Waals surface area (Å²) in [5.41, 5.74) is 0. The van der Waals surface area contributed by atoms with Gasteiger partial charge in [0.25, 0.3) is 0 Å². The van der Waals surface area contributed by atoms with Gasteiger partial charge in [-0.2, -0.15) is 0 Å². The second kappa shape index (κ2) is 6.63. The van der Waals surface area contributed by atoms with Crippen molar-refractivity contribution in [1.82, 2.24) is 20.0 Å². The third-order valence-corrected chi connectivity index (χ3v) is 3.28. The van der Waals surface area contributed by atoms with Crippen LogP contribution in [0.25, 0.3) is 0 Å². The van der Waals surface area contributed by atoms with Crippen LogP contribution in [-0.2, 0) is 17.8 Å². The van der Waals surface area contributed by atoms with Crippen molar-refractivity contribution in [2.75, 3.05) is 32.7 Å². The van der Waals surface area contributed by atoms with Gasteiger partial charge in [-0.3, -0.25) is 9.69 Å². The number of carboxylic acids is 1. The topological polar surface area (TPSA) is 82.7 Å². The first-order chi connectivity index (χ1) is 9.17. The van der Waals surface area contributed by atoms with Gasteiger partial charge in [-0.15, -0.1) is 10.2 Å². The molecule has 0 aliphatic carbocycles. The summed E-state index contributed by atoms with van der Waals surface area (Å²) in [4.78, 5) is 14.9. The summed E-state index contributed by atoms with van der Waals surface area (Å²) in [6.07, 6.45) is 0.972.